The van der Waals surface area contributed by atoms with Crippen LogP contribution in [0.25, 0.3) is 11.0 Å². The standard InChI is InChI=1S/C21H28N2O4/c1-13-11-17(26-14(2)20(24)22-9-6-10-23(3)4)19-15-7-5-8-16(15)21(25)27-18(19)12-13/h11-12,14H,5-10H2,1-4H3,(H,22,24)/t14-/m0/s1. The Balaban J connectivity index is 1.81. The molecule has 6 nitrogen and oxygen atoms in total. The van der Waals surface area contributed by atoms with Gasteiger partial charge in [-0.25, -0.2) is 4.79 Å². The summed E-state index contributed by atoms with van der Waals surface area (Å²) in [6, 6.07) is 3.77. The van der Waals surface area contributed by atoms with E-state index < -0.39 is 6.10 Å². The number of aryl methyl sites for hydroxylation is 2. The molecule has 1 amide bonds. The zero-order chi connectivity index (χ0) is 19.6. The molecule has 0 fully saturated rings. The Morgan fingerprint density at radius 1 is 1.30 bits per heavy atom. The molecule has 1 N–H and O–H groups in total. The zero-order valence-corrected chi connectivity index (χ0v) is 16.6. The average molecular weight is 372 g/mol. The Labute approximate surface area is 159 Å². The van der Waals surface area contributed by atoms with Crippen LogP contribution in [0.5, 0.6) is 5.75 Å². The molecule has 0 spiro atoms. The molecule has 1 atom stereocenters. The monoisotopic (exact) mass is 372 g/mol. The number of fused-ring (bicyclic) bond motifs is 3. The predicted molar refractivity (Wildman–Crippen MR) is 106 cm³/mol. The van der Waals surface area contributed by atoms with Gasteiger partial charge in [0, 0.05) is 12.1 Å². The molecule has 0 saturated carbocycles. The first-order valence-corrected chi connectivity index (χ1v) is 9.55. The second-order valence-electron chi connectivity index (χ2n) is 7.54. The Morgan fingerprint density at radius 3 is 2.78 bits per heavy atom. The normalized spacial score (nSPS) is 14.4. The number of nitrogens with one attached hydrogen (secondary N) is 1. The molecule has 1 aromatic heterocycles. The van der Waals surface area contributed by atoms with E-state index in [0.717, 1.165) is 54.3 Å². The summed E-state index contributed by atoms with van der Waals surface area (Å²) in [7, 11) is 4.01. The maximum Gasteiger partial charge on any atom is 0.339 e. The number of benzene rings is 1. The number of nitrogens with zero attached hydrogens (tertiary/aromatic N) is 1. The molecule has 1 aliphatic carbocycles. The van der Waals surface area contributed by atoms with Crippen molar-refractivity contribution in [3.63, 3.8) is 0 Å². The Kier molecular flexibility index (Phi) is 5.85. The van der Waals surface area contributed by atoms with Crippen LogP contribution in [-0.2, 0) is 17.6 Å². The first-order chi connectivity index (χ1) is 12.9. The minimum Gasteiger partial charge on any atom is -0.480 e. The van der Waals surface area contributed by atoms with E-state index in [2.05, 4.69) is 10.2 Å². The first kappa shape index (κ1) is 19.4. The lowest BCUT2D eigenvalue weighted by molar-refractivity contribution is -0.127. The molecule has 0 unspecified atom stereocenters. The lowest BCUT2D eigenvalue weighted by atomic mass is 10.0. The van der Waals surface area contributed by atoms with Crippen molar-refractivity contribution in [1.29, 1.82) is 0 Å². The fourth-order valence-corrected chi connectivity index (χ4v) is 3.59. The third-order valence-electron chi connectivity index (χ3n) is 4.93. The summed E-state index contributed by atoms with van der Waals surface area (Å²) in [6.07, 6.45) is 2.77. The summed E-state index contributed by atoms with van der Waals surface area (Å²) >= 11 is 0. The van der Waals surface area contributed by atoms with Crippen LogP contribution in [-0.4, -0.2) is 44.1 Å². The molecule has 1 aliphatic rings. The topological polar surface area (TPSA) is 71.8 Å². The van der Waals surface area contributed by atoms with Crippen molar-refractivity contribution < 1.29 is 13.9 Å². The maximum atomic E-state index is 12.4. The van der Waals surface area contributed by atoms with E-state index in [1.54, 1.807) is 6.92 Å². The number of hydrogen-bond donors (Lipinski definition) is 1. The largest absolute Gasteiger partial charge is 0.480 e. The van der Waals surface area contributed by atoms with Crippen molar-refractivity contribution in [1.82, 2.24) is 10.2 Å². The van der Waals surface area contributed by atoms with E-state index >= 15 is 0 Å². The van der Waals surface area contributed by atoms with Gasteiger partial charge in [0.15, 0.2) is 6.10 Å². The number of carbonyl (C=O) groups is 1. The van der Waals surface area contributed by atoms with Gasteiger partial charge >= 0.3 is 5.63 Å². The molecule has 6 heteroatoms. The first-order valence-electron chi connectivity index (χ1n) is 9.55. The van der Waals surface area contributed by atoms with E-state index in [9.17, 15) is 9.59 Å². The fourth-order valence-electron chi connectivity index (χ4n) is 3.59. The second kappa shape index (κ2) is 8.13. The van der Waals surface area contributed by atoms with Crippen molar-refractivity contribution in [2.45, 2.75) is 45.6 Å². The highest BCUT2D eigenvalue weighted by Gasteiger charge is 2.24. The average Bonchev–Trinajstić information content (AvgIpc) is 3.08. The highest BCUT2D eigenvalue weighted by atomic mass is 16.5. The van der Waals surface area contributed by atoms with Crippen LogP contribution in [0.3, 0.4) is 0 Å². The number of ether oxygens (including phenoxy) is 1. The van der Waals surface area contributed by atoms with Crippen molar-refractivity contribution in [3.8, 4) is 5.75 Å². The summed E-state index contributed by atoms with van der Waals surface area (Å²) in [4.78, 5) is 26.7. The zero-order valence-electron chi connectivity index (χ0n) is 16.6. The molecule has 146 valence electrons. The summed E-state index contributed by atoms with van der Waals surface area (Å²) in [5, 5.41) is 3.75. The van der Waals surface area contributed by atoms with Gasteiger partial charge in [0.05, 0.1) is 5.39 Å². The van der Waals surface area contributed by atoms with E-state index in [1.807, 2.05) is 33.2 Å². The van der Waals surface area contributed by atoms with Gasteiger partial charge in [-0.1, -0.05) is 0 Å². The number of amides is 1. The van der Waals surface area contributed by atoms with E-state index in [0.29, 0.717) is 17.9 Å². The smallest absolute Gasteiger partial charge is 0.339 e. The highest BCUT2D eigenvalue weighted by Crippen LogP contribution is 2.35. The van der Waals surface area contributed by atoms with Gasteiger partial charge in [-0.3, -0.25) is 4.79 Å². The van der Waals surface area contributed by atoms with E-state index in [-0.39, 0.29) is 11.5 Å². The van der Waals surface area contributed by atoms with E-state index in [1.165, 1.54) is 0 Å². The predicted octanol–water partition coefficient (Wildman–Crippen LogP) is 2.43. The number of hydrogen-bond acceptors (Lipinski definition) is 5. The lowest BCUT2D eigenvalue weighted by Gasteiger charge is -2.18. The van der Waals surface area contributed by atoms with Gasteiger partial charge in [-0.05, 0) is 83.4 Å². The molecule has 27 heavy (non-hydrogen) atoms. The molecule has 0 radical (unpaired) electrons. The van der Waals surface area contributed by atoms with Crippen LogP contribution >= 0.6 is 0 Å². The summed E-state index contributed by atoms with van der Waals surface area (Å²) in [5.74, 6) is 0.472. The molecular formula is C21H28N2O4. The molecular weight excluding hydrogens is 344 g/mol. The van der Waals surface area contributed by atoms with Gasteiger partial charge < -0.3 is 19.4 Å². The van der Waals surface area contributed by atoms with Crippen LogP contribution in [0.15, 0.2) is 21.3 Å². The maximum absolute atomic E-state index is 12.4. The van der Waals surface area contributed by atoms with Crippen molar-refractivity contribution in [3.05, 3.63) is 39.2 Å². The summed E-state index contributed by atoms with van der Waals surface area (Å²) in [5.41, 5.74) is 2.97. The van der Waals surface area contributed by atoms with Crippen LogP contribution in [0.1, 0.15) is 36.5 Å². The third-order valence-corrected chi connectivity index (χ3v) is 4.93. The van der Waals surface area contributed by atoms with Crippen molar-refractivity contribution in [2.75, 3.05) is 27.2 Å². The Hall–Kier alpha value is -2.34. The fraction of sp³-hybridized carbons (Fsp3) is 0.524. The molecule has 0 aliphatic heterocycles. The molecule has 0 bridgehead atoms. The van der Waals surface area contributed by atoms with Gasteiger partial charge in [0.1, 0.15) is 11.3 Å². The molecule has 2 aromatic rings. The van der Waals surface area contributed by atoms with Gasteiger partial charge in [-0.15, -0.1) is 0 Å². The van der Waals surface area contributed by atoms with Gasteiger partial charge in [-0.2, -0.15) is 0 Å². The summed E-state index contributed by atoms with van der Waals surface area (Å²) < 4.78 is 11.6. The SMILES string of the molecule is Cc1cc(O[C@@H](C)C(=O)NCCCN(C)C)c2c3c(c(=O)oc2c1)CCC3. The highest BCUT2D eigenvalue weighted by molar-refractivity contribution is 5.89. The van der Waals surface area contributed by atoms with E-state index in [4.69, 9.17) is 9.15 Å². The van der Waals surface area contributed by atoms with Gasteiger partial charge in [0.25, 0.3) is 5.91 Å². The minimum atomic E-state index is -0.627. The van der Waals surface area contributed by atoms with Crippen LogP contribution in [0, 0.1) is 6.92 Å². The number of carbonyl (C=O) groups excluding carboxylic acids is 1. The van der Waals surface area contributed by atoms with Crippen LogP contribution in [0.4, 0.5) is 0 Å². The number of rotatable bonds is 7. The molecule has 3 rings (SSSR count). The quantitative estimate of drug-likeness (QED) is 0.597. The van der Waals surface area contributed by atoms with Gasteiger partial charge in [0.2, 0.25) is 0 Å². The molecule has 1 heterocycles. The lowest BCUT2D eigenvalue weighted by Crippen LogP contribution is -2.37. The van der Waals surface area contributed by atoms with Crippen molar-refractivity contribution >= 4 is 16.9 Å². The van der Waals surface area contributed by atoms with Crippen LogP contribution < -0.4 is 15.7 Å². The third kappa shape index (κ3) is 4.33. The molecule has 1 aromatic carbocycles. The summed E-state index contributed by atoms with van der Waals surface area (Å²) in [6.45, 7) is 5.20. The Morgan fingerprint density at radius 2 is 2.04 bits per heavy atom. The van der Waals surface area contributed by atoms with Crippen molar-refractivity contribution in [2.24, 2.45) is 0 Å². The second-order valence-corrected chi connectivity index (χ2v) is 7.54. The Bertz CT molecular complexity index is 901. The molecule has 0 saturated heterocycles. The van der Waals surface area contributed by atoms with Crippen LogP contribution in [0.2, 0.25) is 0 Å². The minimum absolute atomic E-state index is 0.141.